The van der Waals surface area contributed by atoms with Crippen molar-refractivity contribution in [2.75, 3.05) is 25.4 Å². The van der Waals surface area contributed by atoms with E-state index in [-0.39, 0.29) is 5.92 Å². The highest BCUT2D eigenvalue weighted by Gasteiger charge is 2.35. The Hall–Kier alpha value is -3.91. The molecule has 0 radical (unpaired) electrons. The zero-order valence-electron chi connectivity index (χ0n) is 21.4. The molecule has 2 fully saturated rings. The first kappa shape index (κ1) is 24.4. The number of likely N-dealkylation sites (tertiary alicyclic amines) is 1. The van der Waals surface area contributed by atoms with Crippen molar-refractivity contribution in [1.82, 2.24) is 19.4 Å². The van der Waals surface area contributed by atoms with Crippen LogP contribution in [0.25, 0.3) is 22.2 Å². The molecule has 196 valence electrons. The zero-order valence-corrected chi connectivity index (χ0v) is 21.4. The number of carboxylic acid groups (broad SMARTS) is 1. The number of benzene rings is 2. The van der Waals surface area contributed by atoms with Crippen molar-refractivity contribution in [3.05, 3.63) is 72.7 Å². The number of nitrogens with two attached hydrogens (primary N) is 1. The first-order valence-electron chi connectivity index (χ1n) is 13.4. The summed E-state index contributed by atoms with van der Waals surface area (Å²) in [6.45, 7) is 3.13. The van der Waals surface area contributed by atoms with Gasteiger partial charge in [-0.25, -0.2) is 9.97 Å². The maximum absolute atomic E-state index is 11.4. The summed E-state index contributed by atoms with van der Waals surface area (Å²) in [5.74, 6) is 0.931. The summed E-state index contributed by atoms with van der Waals surface area (Å²) in [7, 11) is 0. The lowest BCUT2D eigenvalue weighted by Crippen LogP contribution is -2.43. The number of fused-ring (bicyclic) bond motifs is 1. The van der Waals surface area contributed by atoms with Gasteiger partial charge in [0, 0.05) is 30.9 Å². The fourth-order valence-electron chi connectivity index (χ4n) is 5.96. The van der Waals surface area contributed by atoms with E-state index in [2.05, 4.69) is 43.8 Å². The number of hydrogen-bond donors (Lipinski definition) is 2. The molecule has 1 aliphatic heterocycles. The molecule has 0 amide bonds. The van der Waals surface area contributed by atoms with E-state index < -0.39 is 5.97 Å². The fourth-order valence-corrected chi connectivity index (χ4v) is 5.96. The number of nitrogen functional groups attached to an aromatic ring is 1. The van der Waals surface area contributed by atoms with Crippen molar-refractivity contribution >= 4 is 22.8 Å². The quantitative estimate of drug-likeness (QED) is 0.343. The Morgan fingerprint density at radius 2 is 1.95 bits per heavy atom. The lowest BCUT2D eigenvalue weighted by molar-refractivity contribution is -0.143. The third kappa shape index (κ3) is 4.96. The maximum Gasteiger partial charge on any atom is 0.307 e. The minimum atomic E-state index is -0.667. The average molecular weight is 512 g/mol. The van der Waals surface area contributed by atoms with E-state index in [1.54, 1.807) is 0 Å². The van der Waals surface area contributed by atoms with Crippen molar-refractivity contribution in [2.24, 2.45) is 11.8 Å². The summed E-state index contributed by atoms with van der Waals surface area (Å²) < 4.78 is 8.34. The molecule has 1 atom stereocenters. The number of carbonyl (C=O) groups is 1. The van der Waals surface area contributed by atoms with Crippen molar-refractivity contribution in [1.29, 1.82) is 0 Å². The van der Waals surface area contributed by atoms with Gasteiger partial charge in [-0.1, -0.05) is 42.5 Å². The zero-order chi connectivity index (χ0) is 26.1. The molecule has 38 heavy (non-hydrogen) atoms. The van der Waals surface area contributed by atoms with Gasteiger partial charge in [0.2, 0.25) is 0 Å². The van der Waals surface area contributed by atoms with Crippen molar-refractivity contribution in [3.63, 3.8) is 0 Å². The standard InChI is InChI=1S/C30H33N5O3/c31-28-27-26(22-8-4-10-25(14-22)38-18-20-6-2-1-3-7-20)17-35(29(27)33-19-32-28)24-12-21(13-24)15-34-11-5-9-23(16-34)30(36)37/h1-4,6-8,10,14,17,19,21,23-24H,5,9,11-13,15-16,18H2,(H,36,37)(H2,31,32,33)/t21-,23?,24-. The van der Waals surface area contributed by atoms with Crippen LogP contribution in [0.4, 0.5) is 5.82 Å². The van der Waals surface area contributed by atoms with E-state index in [4.69, 9.17) is 10.5 Å². The molecule has 3 heterocycles. The van der Waals surface area contributed by atoms with Crippen molar-refractivity contribution < 1.29 is 14.6 Å². The Morgan fingerprint density at radius 3 is 2.76 bits per heavy atom. The van der Waals surface area contributed by atoms with Crippen LogP contribution in [0, 0.1) is 11.8 Å². The molecular weight excluding hydrogens is 478 g/mol. The Balaban J connectivity index is 1.19. The van der Waals surface area contributed by atoms with Gasteiger partial charge in [-0.2, -0.15) is 0 Å². The predicted octanol–water partition coefficient (Wildman–Crippen LogP) is 5.01. The number of aliphatic carboxylic acids is 1. The van der Waals surface area contributed by atoms with Crippen LogP contribution in [0.5, 0.6) is 5.75 Å². The lowest BCUT2D eigenvalue weighted by atomic mass is 9.79. The molecule has 1 unspecified atom stereocenters. The second-order valence-electron chi connectivity index (χ2n) is 10.6. The SMILES string of the molecule is Nc1ncnc2c1c(-c1cccc(OCc3ccccc3)c1)cn2[C@H]1C[C@H](CN2CCCC(C(=O)O)C2)C1. The average Bonchev–Trinajstić information content (AvgIpc) is 3.31. The normalized spacial score (nSPS) is 21.7. The van der Waals surface area contributed by atoms with E-state index in [1.807, 2.05) is 36.4 Å². The third-order valence-electron chi connectivity index (χ3n) is 8.01. The number of nitrogens with zero attached hydrogens (tertiary/aromatic N) is 4. The number of aromatic nitrogens is 3. The largest absolute Gasteiger partial charge is 0.489 e. The van der Waals surface area contributed by atoms with Crippen LogP contribution in [0.2, 0.25) is 0 Å². The molecule has 3 N–H and O–H groups in total. The molecule has 1 saturated heterocycles. The highest BCUT2D eigenvalue weighted by molar-refractivity contribution is 6.00. The molecule has 2 aliphatic rings. The van der Waals surface area contributed by atoms with Gasteiger partial charge >= 0.3 is 5.97 Å². The van der Waals surface area contributed by atoms with Crippen LogP contribution in [0.3, 0.4) is 0 Å². The summed E-state index contributed by atoms with van der Waals surface area (Å²) >= 11 is 0. The van der Waals surface area contributed by atoms with Crippen LogP contribution in [-0.2, 0) is 11.4 Å². The summed E-state index contributed by atoms with van der Waals surface area (Å²) in [6, 6.07) is 18.6. The van der Waals surface area contributed by atoms with E-state index in [1.165, 1.54) is 6.33 Å². The Bertz CT molecular complexity index is 1430. The minimum Gasteiger partial charge on any atom is -0.489 e. The van der Waals surface area contributed by atoms with Gasteiger partial charge in [-0.3, -0.25) is 4.79 Å². The van der Waals surface area contributed by atoms with Gasteiger partial charge in [0.15, 0.2) is 0 Å². The molecule has 0 bridgehead atoms. The van der Waals surface area contributed by atoms with Crippen LogP contribution in [0.1, 0.15) is 37.3 Å². The van der Waals surface area contributed by atoms with Gasteiger partial charge in [0.05, 0.1) is 11.3 Å². The van der Waals surface area contributed by atoms with E-state index >= 15 is 0 Å². The summed E-state index contributed by atoms with van der Waals surface area (Å²) in [4.78, 5) is 22.7. The van der Waals surface area contributed by atoms with Gasteiger partial charge in [0.1, 0.15) is 30.1 Å². The number of rotatable bonds is 8. The number of anilines is 1. The van der Waals surface area contributed by atoms with Gasteiger partial charge in [0.25, 0.3) is 0 Å². The molecule has 1 aliphatic carbocycles. The molecule has 2 aromatic heterocycles. The Labute approximate surface area is 222 Å². The Morgan fingerprint density at radius 1 is 1.11 bits per heavy atom. The summed E-state index contributed by atoms with van der Waals surface area (Å²) in [5.41, 5.74) is 10.4. The maximum atomic E-state index is 11.4. The molecular formula is C30H33N5O3. The van der Waals surface area contributed by atoms with Gasteiger partial charge < -0.3 is 25.0 Å². The molecule has 4 aromatic rings. The second-order valence-corrected chi connectivity index (χ2v) is 10.6. The number of ether oxygens (including phenoxy) is 1. The molecule has 8 nitrogen and oxygen atoms in total. The number of hydrogen-bond acceptors (Lipinski definition) is 6. The lowest BCUT2D eigenvalue weighted by Gasteiger charge is -2.41. The molecule has 6 rings (SSSR count). The van der Waals surface area contributed by atoms with Crippen LogP contribution in [-0.4, -0.2) is 50.1 Å². The van der Waals surface area contributed by atoms with Crippen LogP contribution >= 0.6 is 0 Å². The molecule has 1 saturated carbocycles. The highest BCUT2D eigenvalue weighted by atomic mass is 16.5. The van der Waals surface area contributed by atoms with E-state index in [0.717, 1.165) is 72.2 Å². The molecule has 2 aromatic carbocycles. The van der Waals surface area contributed by atoms with Crippen molar-refractivity contribution in [2.45, 2.75) is 38.3 Å². The predicted molar refractivity (Wildman–Crippen MR) is 147 cm³/mol. The summed E-state index contributed by atoms with van der Waals surface area (Å²) in [5, 5.41) is 10.3. The minimum absolute atomic E-state index is 0.234. The monoisotopic (exact) mass is 511 g/mol. The molecule has 0 spiro atoms. The fraction of sp³-hybridized carbons (Fsp3) is 0.367. The topological polar surface area (TPSA) is 107 Å². The summed E-state index contributed by atoms with van der Waals surface area (Å²) in [6.07, 6.45) is 7.53. The smallest absolute Gasteiger partial charge is 0.307 e. The van der Waals surface area contributed by atoms with Crippen LogP contribution < -0.4 is 10.5 Å². The van der Waals surface area contributed by atoms with Gasteiger partial charge in [-0.15, -0.1) is 0 Å². The molecule has 8 heteroatoms. The number of piperidine rings is 1. The van der Waals surface area contributed by atoms with E-state index in [0.29, 0.717) is 30.9 Å². The number of carboxylic acids is 1. The van der Waals surface area contributed by atoms with Gasteiger partial charge in [-0.05, 0) is 61.4 Å². The van der Waals surface area contributed by atoms with E-state index in [9.17, 15) is 9.90 Å². The first-order chi connectivity index (χ1) is 18.5. The second kappa shape index (κ2) is 10.5. The van der Waals surface area contributed by atoms with Crippen LogP contribution in [0.15, 0.2) is 67.1 Å². The van der Waals surface area contributed by atoms with Crippen molar-refractivity contribution in [3.8, 4) is 16.9 Å². The Kier molecular flexibility index (Phi) is 6.72. The first-order valence-corrected chi connectivity index (χ1v) is 13.4. The highest BCUT2D eigenvalue weighted by Crippen LogP contribution is 2.43. The third-order valence-corrected chi connectivity index (χ3v) is 8.01.